The molecule has 2 aliphatic rings. The lowest BCUT2D eigenvalue weighted by Crippen LogP contribution is -2.52. The highest BCUT2D eigenvalue weighted by Gasteiger charge is 2.19. The van der Waals surface area contributed by atoms with Gasteiger partial charge >= 0.3 is 0 Å². The van der Waals surface area contributed by atoms with Gasteiger partial charge in [0.2, 0.25) is 0 Å². The SMILES string of the molecule is CCNC(=NCCCc1nnc2n1CCCCC2)N1CCN(C/C=C/c2ccccc2)CC1. The number of fused-ring (bicyclic) bond motifs is 1. The topological polar surface area (TPSA) is 61.6 Å². The van der Waals surface area contributed by atoms with Gasteiger partial charge in [-0.15, -0.1) is 10.2 Å². The number of aryl methyl sites for hydroxylation is 2. The highest BCUT2D eigenvalue weighted by Crippen LogP contribution is 2.15. The average molecular weight is 450 g/mol. The van der Waals surface area contributed by atoms with Crippen molar-refractivity contribution in [3.05, 3.63) is 53.6 Å². The zero-order chi connectivity index (χ0) is 22.7. The molecule has 0 aliphatic carbocycles. The van der Waals surface area contributed by atoms with Gasteiger partial charge in [0.15, 0.2) is 5.96 Å². The highest BCUT2D eigenvalue weighted by atomic mass is 15.3. The van der Waals surface area contributed by atoms with Crippen molar-refractivity contribution in [2.24, 2.45) is 4.99 Å². The fourth-order valence-electron chi connectivity index (χ4n) is 4.62. The molecule has 2 aromatic rings. The van der Waals surface area contributed by atoms with Crippen molar-refractivity contribution >= 4 is 12.0 Å². The molecule has 7 heteroatoms. The minimum absolute atomic E-state index is 0.824. The van der Waals surface area contributed by atoms with E-state index in [2.05, 4.69) is 79.3 Å². The van der Waals surface area contributed by atoms with Gasteiger partial charge in [-0.05, 0) is 31.7 Å². The van der Waals surface area contributed by atoms with E-state index in [1.54, 1.807) is 0 Å². The van der Waals surface area contributed by atoms with Gasteiger partial charge in [-0.25, -0.2) is 0 Å². The van der Waals surface area contributed by atoms with Gasteiger partial charge in [0.25, 0.3) is 0 Å². The molecule has 1 saturated heterocycles. The van der Waals surface area contributed by atoms with Crippen LogP contribution in [0, 0.1) is 0 Å². The highest BCUT2D eigenvalue weighted by molar-refractivity contribution is 5.80. The second-order valence-corrected chi connectivity index (χ2v) is 8.93. The molecule has 0 spiro atoms. The third kappa shape index (κ3) is 6.90. The molecule has 33 heavy (non-hydrogen) atoms. The van der Waals surface area contributed by atoms with Crippen LogP contribution in [0.4, 0.5) is 0 Å². The third-order valence-electron chi connectivity index (χ3n) is 6.49. The molecule has 1 aromatic carbocycles. The van der Waals surface area contributed by atoms with Crippen molar-refractivity contribution in [1.29, 1.82) is 0 Å². The van der Waals surface area contributed by atoms with Crippen molar-refractivity contribution in [2.45, 2.75) is 52.0 Å². The number of piperazine rings is 1. The van der Waals surface area contributed by atoms with Gasteiger partial charge in [0.05, 0.1) is 0 Å². The van der Waals surface area contributed by atoms with E-state index in [4.69, 9.17) is 4.99 Å². The number of hydrogen-bond acceptors (Lipinski definition) is 4. The Morgan fingerprint density at radius 3 is 2.70 bits per heavy atom. The fraction of sp³-hybridized carbons (Fsp3) is 0.577. The van der Waals surface area contributed by atoms with Crippen LogP contribution in [0.2, 0.25) is 0 Å². The van der Waals surface area contributed by atoms with Crippen molar-refractivity contribution in [2.75, 3.05) is 45.8 Å². The van der Waals surface area contributed by atoms with Gasteiger partial charge in [0.1, 0.15) is 11.6 Å². The maximum atomic E-state index is 4.94. The molecule has 4 rings (SSSR count). The first-order valence-electron chi connectivity index (χ1n) is 12.7. The summed E-state index contributed by atoms with van der Waals surface area (Å²) in [5.41, 5.74) is 1.26. The summed E-state index contributed by atoms with van der Waals surface area (Å²) in [6.45, 7) is 10.1. The molecule has 0 amide bonds. The van der Waals surface area contributed by atoms with E-state index in [-0.39, 0.29) is 0 Å². The van der Waals surface area contributed by atoms with Crippen LogP contribution in [0.3, 0.4) is 0 Å². The first-order valence-corrected chi connectivity index (χ1v) is 12.7. The molecule has 0 unspecified atom stereocenters. The Morgan fingerprint density at radius 2 is 1.88 bits per heavy atom. The van der Waals surface area contributed by atoms with Crippen LogP contribution in [0.25, 0.3) is 6.08 Å². The number of benzene rings is 1. The largest absolute Gasteiger partial charge is 0.357 e. The lowest BCUT2D eigenvalue weighted by Gasteiger charge is -2.36. The molecule has 7 nitrogen and oxygen atoms in total. The minimum atomic E-state index is 0.824. The van der Waals surface area contributed by atoms with Crippen LogP contribution in [0.15, 0.2) is 41.4 Å². The minimum Gasteiger partial charge on any atom is -0.357 e. The number of hydrogen-bond donors (Lipinski definition) is 1. The number of aliphatic imine (C=N–C) groups is 1. The molecule has 1 aromatic heterocycles. The summed E-state index contributed by atoms with van der Waals surface area (Å²) in [5, 5.41) is 12.4. The maximum absolute atomic E-state index is 4.94. The normalized spacial score (nSPS) is 17.8. The van der Waals surface area contributed by atoms with Crippen molar-refractivity contribution in [1.82, 2.24) is 29.9 Å². The molecule has 1 N–H and O–H groups in total. The van der Waals surface area contributed by atoms with E-state index in [9.17, 15) is 0 Å². The van der Waals surface area contributed by atoms with Crippen LogP contribution in [-0.2, 0) is 19.4 Å². The number of rotatable bonds is 8. The Bertz CT molecular complexity index is 895. The Hall–Kier alpha value is -2.67. The van der Waals surface area contributed by atoms with Gasteiger partial charge in [-0.3, -0.25) is 9.89 Å². The van der Waals surface area contributed by atoms with Crippen molar-refractivity contribution in [3.63, 3.8) is 0 Å². The molecule has 1 fully saturated rings. The van der Waals surface area contributed by atoms with E-state index in [1.165, 1.54) is 30.7 Å². The number of guanidine groups is 1. The summed E-state index contributed by atoms with van der Waals surface area (Å²) in [6.07, 6.45) is 11.3. The summed E-state index contributed by atoms with van der Waals surface area (Å²) in [4.78, 5) is 9.85. The molecular formula is C26H39N7. The second kappa shape index (κ2) is 12.5. The monoisotopic (exact) mass is 449 g/mol. The fourth-order valence-corrected chi connectivity index (χ4v) is 4.62. The Labute approximate surface area is 198 Å². The van der Waals surface area contributed by atoms with Gasteiger partial charge in [0, 0.05) is 65.2 Å². The summed E-state index contributed by atoms with van der Waals surface area (Å²) < 4.78 is 2.35. The molecule has 3 heterocycles. The molecule has 178 valence electrons. The standard InChI is InChI=1S/C26H39N7/c1-2-27-26(28-16-9-15-25-30-29-24-14-7-4-8-18-33(24)25)32-21-19-31(20-22-32)17-10-13-23-11-5-3-6-12-23/h3,5-6,10-13H,2,4,7-9,14-22H2,1H3,(H,27,28)/b13-10+. The Morgan fingerprint density at radius 1 is 1.03 bits per heavy atom. The van der Waals surface area contributed by atoms with E-state index >= 15 is 0 Å². The summed E-state index contributed by atoms with van der Waals surface area (Å²) in [5.74, 6) is 3.37. The Kier molecular flexibility index (Phi) is 8.92. The van der Waals surface area contributed by atoms with Crippen LogP contribution >= 0.6 is 0 Å². The lowest BCUT2D eigenvalue weighted by atomic mass is 10.2. The smallest absolute Gasteiger partial charge is 0.194 e. The van der Waals surface area contributed by atoms with Crippen LogP contribution < -0.4 is 5.32 Å². The number of nitrogens with zero attached hydrogens (tertiary/aromatic N) is 6. The number of nitrogens with one attached hydrogen (secondary N) is 1. The zero-order valence-electron chi connectivity index (χ0n) is 20.1. The van der Waals surface area contributed by atoms with E-state index in [0.717, 1.165) is 83.4 Å². The van der Waals surface area contributed by atoms with Crippen molar-refractivity contribution < 1.29 is 0 Å². The molecule has 2 aliphatic heterocycles. The quantitative estimate of drug-likeness (QED) is 0.381. The number of aromatic nitrogens is 3. The van der Waals surface area contributed by atoms with Crippen molar-refractivity contribution in [3.8, 4) is 0 Å². The lowest BCUT2D eigenvalue weighted by molar-refractivity contribution is 0.194. The van der Waals surface area contributed by atoms with Gasteiger partial charge < -0.3 is 14.8 Å². The van der Waals surface area contributed by atoms with E-state index < -0.39 is 0 Å². The van der Waals surface area contributed by atoms with Crippen LogP contribution in [0.5, 0.6) is 0 Å². The molecule has 0 saturated carbocycles. The first-order chi connectivity index (χ1) is 16.3. The third-order valence-corrected chi connectivity index (χ3v) is 6.49. The first kappa shape index (κ1) is 23.5. The van der Waals surface area contributed by atoms with Gasteiger partial charge in [-0.2, -0.15) is 0 Å². The predicted octanol–water partition coefficient (Wildman–Crippen LogP) is 3.23. The predicted molar refractivity (Wildman–Crippen MR) is 135 cm³/mol. The summed E-state index contributed by atoms with van der Waals surface area (Å²) >= 11 is 0. The summed E-state index contributed by atoms with van der Waals surface area (Å²) in [7, 11) is 0. The molecular weight excluding hydrogens is 410 g/mol. The average Bonchev–Trinajstić information content (AvgIpc) is 3.07. The molecule has 0 bridgehead atoms. The zero-order valence-corrected chi connectivity index (χ0v) is 20.1. The second-order valence-electron chi connectivity index (χ2n) is 8.93. The van der Waals surface area contributed by atoms with Crippen LogP contribution in [-0.4, -0.2) is 76.3 Å². The molecule has 0 atom stereocenters. The molecule has 0 radical (unpaired) electrons. The Balaban J connectivity index is 1.22. The van der Waals surface area contributed by atoms with Gasteiger partial charge in [-0.1, -0.05) is 48.9 Å². The van der Waals surface area contributed by atoms with E-state index in [1.807, 2.05) is 0 Å². The summed E-state index contributed by atoms with van der Waals surface area (Å²) in [6, 6.07) is 10.5. The van der Waals surface area contributed by atoms with Crippen LogP contribution in [0.1, 0.15) is 49.8 Å². The van der Waals surface area contributed by atoms with E-state index in [0.29, 0.717) is 0 Å². The maximum Gasteiger partial charge on any atom is 0.194 e.